The average molecular weight is 395 g/mol. The Morgan fingerprint density at radius 1 is 1.18 bits per heavy atom. The molecule has 0 amide bonds. The normalized spacial score (nSPS) is 10.9. The van der Waals surface area contributed by atoms with E-state index in [9.17, 15) is 5.26 Å². The summed E-state index contributed by atoms with van der Waals surface area (Å²) in [5, 5.41) is 17.8. The number of hydrogen-bond donors (Lipinski definition) is 2. The summed E-state index contributed by atoms with van der Waals surface area (Å²) in [6.45, 7) is 5.49. The Kier molecular flexibility index (Phi) is 6.35. The smallest absolute Gasteiger partial charge is 0.137 e. The van der Waals surface area contributed by atoms with Crippen molar-refractivity contribution in [2.45, 2.75) is 33.0 Å². The first-order valence-electron chi connectivity index (χ1n) is 9.13. The summed E-state index contributed by atoms with van der Waals surface area (Å²) in [5.41, 5.74) is 4.52. The van der Waals surface area contributed by atoms with Crippen molar-refractivity contribution in [1.29, 1.82) is 5.26 Å². The van der Waals surface area contributed by atoms with Crippen molar-refractivity contribution in [3.05, 3.63) is 64.3 Å². The van der Waals surface area contributed by atoms with Crippen molar-refractivity contribution in [3.63, 3.8) is 0 Å². The van der Waals surface area contributed by atoms with Gasteiger partial charge < -0.3 is 15.4 Å². The zero-order valence-corrected chi connectivity index (χ0v) is 17.0. The Hall–Kier alpha value is -2.81. The van der Waals surface area contributed by atoms with Gasteiger partial charge in [-0.05, 0) is 35.9 Å². The van der Waals surface area contributed by atoms with Crippen LogP contribution in [0.1, 0.15) is 30.5 Å². The van der Waals surface area contributed by atoms with E-state index in [1.165, 1.54) is 0 Å². The fourth-order valence-corrected chi connectivity index (χ4v) is 3.25. The van der Waals surface area contributed by atoms with Crippen LogP contribution in [0.2, 0.25) is 5.02 Å². The second-order valence-corrected chi connectivity index (χ2v) is 7.27. The first-order valence-corrected chi connectivity index (χ1v) is 9.51. The molecule has 2 aromatic carbocycles. The molecule has 3 rings (SSSR count). The zero-order chi connectivity index (χ0) is 20.1. The first-order chi connectivity index (χ1) is 13.5. The molecule has 6 heteroatoms. The van der Waals surface area contributed by atoms with Gasteiger partial charge >= 0.3 is 0 Å². The molecule has 144 valence electrons. The maximum Gasteiger partial charge on any atom is 0.137 e. The zero-order valence-electron chi connectivity index (χ0n) is 16.2. The molecule has 0 bridgehead atoms. The number of anilines is 1. The van der Waals surface area contributed by atoms with Gasteiger partial charge in [0.1, 0.15) is 5.75 Å². The van der Waals surface area contributed by atoms with E-state index in [2.05, 4.69) is 35.5 Å². The van der Waals surface area contributed by atoms with Crippen LogP contribution in [0.5, 0.6) is 5.75 Å². The first kappa shape index (κ1) is 19.9. The monoisotopic (exact) mass is 394 g/mol. The van der Waals surface area contributed by atoms with Crippen LogP contribution in [0.25, 0.3) is 10.9 Å². The highest BCUT2D eigenvalue weighted by atomic mass is 35.5. The highest BCUT2D eigenvalue weighted by molar-refractivity contribution is 6.32. The number of nitriles is 1. The Morgan fingerprint density at radius 2 is 2.00 bits per heavy atom. The SMILES string of the molecule is COc1ccc(CNc2c(CNC(C)C)cnc3ccc(C#N)cc23)cc1Cl. The fourth-order valence-electron chi connectivity index (χ4n) is 2.97. The molecule has 0 aliphatic carbocycles. The number of ether oxygens (including phenoxy) is 1. The quantitative estimate of drug-likeness (QED) is 0.597. The third-order valence-electron chi connectivity index (χ3n) is 4.46. The van der Waals surface area contributed by atoms with Gasteiger partial charge in [0.2, 0.25) is 0 Å². The third kappa shape index (κ3) is 4.53. The van der Waals surface area contributed by atoms with Crippen molar-refractivity contribution in [3.8, 4) is 11.8 Å². The predicted octanol–water partition coefficient (Wildman–Crippen LogP) is 4.88. The molecule has 0 aliphatic rings. The predicted molar refractivity (Wildman–Crippen MR) is 114 cm³/mol. The molecule has 0 saturated carbocycles. The summed E-state index contributed by atoms with van der Waals surface area (Å²) < 4.78 is 5.22. The minimum Gasteiger partial charge on any atom is -0.495 e. The summed E-state index contributed by atoms with van der Waals surface area (Å²) in [5.74, 6) is 0.653. The number of pyridine rings is 1. The number of rotatable bonds is 7. The van der Waals surface area contributed by atoms with E-state index in [0.717, 1.165) is 27.7 Å². The molecular weight excluding hydrogens is 372 g/mol. The van der Waals surface area contributed by atoms with Gasteiger partial charge in [0.05, 0.1) is 29.3 Å². The van der Waals surface area contributed by atoms with Gasteiger partial charge in [-0.15, -0.1) is 0 Å². The lowest BCUT2D eigenvalue weighted by atomic mass is 10.1. The summed E-state index contributed by atoms with van der Waals surface area (Å²) in [4.78, 5) is 4.56. The van der Waals surface area contributed by atoms with Crippen LogP contribution in [0.4, 0.5) is 5.69 Å². The molecule has 5 nitrogen and oxygen atoms in total. The third-order valence-corrected chi connectivity index (χ3v) is 4.76. The van der Waals surface area contributed by atoms with E-state index >= 15 is 0 Å². The number of hydrogen-bond acceptors (Lipinski definition) is 5. The largest absolute Gasteiger partial charge is 0.495 e. The molecule has 0 atom stereocenters. The molecule has 1 heterocycles. The standard InChI is InChI=1S/C22H23ClN4O/c1-14(2)25-12-17-13-26-20-6-4-15(10-24)8-18(20)22(17)27-11-16-5-7-21(28-3)19(23)9-16/h4-9,13-14,25H,11-12H2,1-3H3,(H,26,27). The van der Waals surface area contributed by atoms with Gasteiger partial charge in [0.15, 0.2) is 0 Å². The van der Waals surface area contributed by atoms with Crippen LogP contribution in [0, 0.1) is 11.3 Å². The summed E-state index contributed by atoms with van der Waals surface area (Å²) in [7, 11) is 1.60. The van der Waals surface area contributed by atoms with Gasteiger partial charge in [0, 0.05) is 42.0 Å². The Labute approximate surface area is 170 Å². The van der Waals surface area contributed by atoms with E-state index in [1.807, 2.05) is 36.5 Å². The topological polar surface area (TPSA) is 70.0 Å². The fraction of sp³-hybridized carbons (Fsp3) is 0.273. The second-order valence-electron chi connectivity index (χ2n) is 6.86. The average Bonchev–Trinajstić information content (AvgIpc) is 2.70. The number of nitrogens with zero attached hydrogens (tertiary/aromatic N) is 2. The summed E-state index contributed by atoms with van der Waals surface area (Å²) in [6.07, 6.45) is 1.88. The Bertz CT molecular complexity index is 1030. The number of benzene rings is 2. The van der Waals surface area contributed by atoms with Gasteiger partial charge in [-0.2, -0.15) is 5.26 Å². The summed E-state index contributed by atoms with van der Waals surface area (Å²) in [6, 6.07) is 13.8. The van der Waals surface area contributed by atoms with E-state index in [0.29, 0.717) is 35.5 Å². The van der Waals surface area contributed by atoms with Crippen LogP contribution in [-0.4, -0.2) is 18.1 Å². The van der Waals surface area contributed by atoms with Crippen LogP contribution in [-0.2, 0) is 13.1 Å². The van der Waals surface area contributed by atoms with Gasteiger partial charge in [-0.25, -0.2) is 0 Å². The van der Waals surface area contributed by atoms with Crippen molar-refractivity contribution in [2.24, 2.45) is 0 Å². The van der Waals surface area contributed by atoms with Crippen molar-refractivity contribution < 1.29 is 4.74 Å². The van der Waals surface area contributed by atoms with Gasteiger partial charge in [-0.3, -0.25) is 4.98 Å². The molecule has 0 spiro atoms. The van der Waals surface area contributed by atoms with Crippen LogP contribution in [0.15, 0.2) is 42.6 Å². The number of aromatic nitrogens is 1. The number of halogens is 1. The van der Waals surface area contributed by atoms with Crippen molar-refractivity contribution in [1.82, 2.24) is 10.3 Å². The Morgan fingerprint density at radius 3 is 2.68 bits per heavy atom. The maximum atomic E-state index is 9.29. The molecule has 2 N–H and O–H groups in total. The number of methoxy groups -OCH3 is 1. The number of nitrogens with one attached hydrogen (secondary N) is 2. The molecule has 0 radical (unpaired) electrons. The summed E-state index contributed by atoms with van der Waals surface area (Å²) >= 11 is 6.25. The minimum absolute atomic E-state index is 0.356. The highest BCUT2D eigenvalue weighted by Gasteiger charge is 2.11. The molecule has 1 aromatic heterocycles. The van der Waals surface area contributed by atoms with Crippen LogP contribution >= 0.6 is 11.6 Å². The van der Waals surface area contributed by atoms with Crippen molar-refractivity contribution >= 4 is 28.2 Å². The van der Waals surface area contributed by atoms with Gasteiger partial charge in [0.25, 0.3) is 0 Å². The van der Waals surface area contributed by atoms with E-state index in [1.54, 1.807) is 13.2 Å². The molecule has 28 heavy (non-hydrogen) atoms. The molecule has 3 aromatic rings. The van der Waals surface area contributed by atoms with E-state index in [4.69, 9.17) is 16.3 Å². The second kappa shape index (κ2) is 8.92. The Balaban J connectivity index is 1.96. The lowest BCUT2D eigenvalue weighted by molar-refractivity contribution is 0.415. The van der Waals surface area contributed by atoms with Gasteiger partial charge in [-0.1, -0.05) is 31.5 Å². The lowest BCUT2D eigenvalue weighted by Crippen LogP contribution is -2.22. The minimum atomic E-state index is 0.356. The van der Waals surface area contributed by atoms with E-state index in [-0.39, 0.29) is 0 Å². The maximum absolute atomic E-state index is 9.29. The van der Waals surface area contributed by atoms with Crippen molar-refractivity contribution in [2.75, 3.05) is 12.4 Å². The van der Waals surface area contributed by atoms with E-state index < -0.39 is 0 Å². The number of fused-ring (bicyclic) bond motifs is 1. The molecule has 0 saturated heterocycles. The molecular formula is C22H23ClN4O. The lowest BCUT2D eigenvalue weighted by Gasteiger charge is -2.17. The molecule has 0 unspecified atom stereocenters. The highest BCUT2D eigenvalue weighted by Crippen LogP contribution is 2.29. The van der Waals surface area contributed by atoms with Crippen LogP contribution in [0.3, 0.4) is 0 Å². The molecule has 0 aliphatic heterocycles. The van der Waals surface area contributed by atoms with Crippen LogP contribution < -0.4 is 15.4 Å². The molecule has 0 fully saturated rings.